The van der Waals surface area contributed by atoms with Gasteiger partial charge in [0.25, 0.3) is 5.91 Å². The lowest BCUT2D eigenvalue weighted by Gasteiger charge is -2.11. The van der Waals surface area contributed by atoms with Gasteiger partial charge in [-0.05, 0) is 55.8 Å². The van der Waals surface area contributed by atoms with Gasteiger partial charge in [0, 0.05) is 0 Å². The first kappa shape index (κ1) is 19.7. The number of carbonyl (C=O) groups is 1. The van der Waals surface area contributed by atoms with Crippen molar-refractivity contribution in [1.82, 2.24) is 10.4 Å². The second kappa shape index (κ2) is 8.75. The first-order valence-electron chi connectivity index (χ1n) is 8.44. The molecule has 0 saturated carbocycles. The Balaban J connectivity index is 1.58. The summed E-state index contributed by atoms with van der Waals surface area (Å²) < 4.78 is 29.7. The minimum absolute atomic E-state index is 0.0595. The summed E-state index contributed by atoms with van der Waals surface area (Å²) in [6.07, 6.45) is 0. The molecule has 3 aromatic rings. The van der Waals surface area contributed by atoms with Gasteiger partial charge in [-0.25, -0.2) is 10.4 Å². The molecule has 3 rings (SSSR count). The topological polar surface area (TPSA) is 75.6 Å². The maximum Gasteiger partial charge on any atom is 0.387 e. The molecule has 28 heavy (non-hydrogen) atoms. The largest absolute Gasteiger partial charge is 0.435 e. The quantitative estimate of drug-likeness (QED) is 0.456. The molecular formula is C19H18F2N4O2S. The molecule has 1 amide bonds. The van der Waals surface area contributed by atoms with Crippen LogP contribution in [-0.2, 0) is 4.79 Å². The van der Waals surface area contributed by atoms with Gasteiger partial charge in [-0.1, -0.05) is 23.5 Å². The van der Waals surface area contributed by atoms with E-state index in [1.165, 1.54) is 23.5 Å². The van der Waals surface area contributed by atoms with Crippen molar-refractivity contribution in [2.45, 2.75) is 26.5 Å². The van der Waals surface area contributed by atoms with Gasteiger partial charge >= 0.3 is 6.61 Å². The van der Waals surface area contributed by atoms with Gasteiger partial charge in [-0.2, -0.15) is 13.9 Å². The zero-order valence-electron chi connectivity index (χ0n) is 15.1. The number of hydrogen-bond donors (Lipinski definition) is 2. The van der Waals surface area contributed by atoms with E-state index >= 15 is 0 Å². The molecule has 2 aromatic carbocycles. The van der Waals surface area contributed by atoms with Crippen LogP contribution in [0.25, 0.3) is 10.2 Å². The summed E-state index contributed by atoms with van der Waals surface area (Å²) in [5.74, 6) is -0.263. The summed E-state index contributed by atoms with van der Waals surface area (Å²) in [6.45, 7) is 0.543. The molecule has 0 saturated heterocycles. The maximum atomic E-state index is 12.3. The number of benzene rings is 2. The number of hydrogen-bond acceptors (Lipinski definition) is 6. The molecule has 0 aliphatic heterocycles. The predicted octanol–water partition coefficient (Wildman–Crippen LogP) is 4.24. The molecule has 1 atom stereocenters. The Kier molecular flexibility index (Phi) is 6.15. The van der Waals surface area contributed by atoms with Crippen LogP contribution >= 0.6 is 11.3 Å². The van der Waals surface area contributed by atoms with E-state index in [0.29, 0.717) is 16.4 Å². The number of nitrogens with one attached hydrogen (secondary N) is 2. The Hall–Kier alpha value is -3.07. The molecule has 0 unspecified atom stereocenters. The number of alkyl halides is 2. The van der Waals surface area contributed by atoms with E-state index < -0.39 is 12.7 Å². The van der Waals surface area contributed by atoms with E-state index in [1.807, 2.05) is 24.3 Å². The van der Waals surface area contributed by atoms with Crippen LogP contribution in [0, 0.1) is 0 Å². The number of aromatic nitrogens is 1. The van der Waals surface area contributed by atoms with E-state index in [1.54, 1.807) is 26.0 Å². The van der Waals surface area contributed by atoms with Gasteiger partial charge in [-0.15, -0.1) is 0 Å². The standard InChI is InChI=1S/C19H18F2N4O2S/c1-11(13-7-9-14(10-8-13)27-18(20)21)24-25-17(26)12(2)22-19-23-15-5-3-4-6-16(15)28-19/h3-10,12,18H,1-2H3,(H,22,23)(H,25,26)/b24-11-/t12-/m0/s1. The lowest BCUT2D eigenvalue weighted by molar-refractivity contribution is -0.121. The van der Waals surface area contributed by atoms with Crippen molar-refractivity contribution in [3.8, 4) is 5.75 Å². The highest BCUT2D eigenvalue weighted by atomic mass is 32.1. The van der Waals surface area contributed by atoms with Crippen LogP contribution in [-0.4, -0.2) is 29.3 Å². The van der Waals surface area contributed by atoms with E-state index in [0.717, 1.165) is 10.2 Å². The SMILES string of the molecule is C/C(=N/NC(=O)[C@H](C)Nc1nc2ccccc2s1)c1ccc(OC(F)F)cc1. The Morgan fingerprint density at radius 1 is 1.18 bits per heavy atom. The highest BCUT2D eigenvalue weighted by Crippen LogP contribution is 2.25. The molecular weight excluding hydrogens is 386 g/mol. The van der Waals surface area contributed by atoms with E-state index in [4.69, 9.17) is 0 Å². The summed E-state index contributed by atoms with van der Waals surface area (Å²) in [7, 11) is 0. The minimum Gasteiger partial charge on any atom is -0.435 e. The zero-order chi connectivity index (χ0) is 20.1. The lowest BCUT2D eigenvalue weighted by atomic mass is 10.1. The molecule has 0 radical (unpaired) electrons. The molecule has 146 valence electrons. The molecule has 0 aliphatic rings. The third-order valence-electron chi connectivity index (χ3n) is 3.86. The Morgan fingerprint density at radius 2 is 1.89 bits per heavy atom. The molecule has 9 heteroatoms. The first-order valence-corrected chi connectivity index (χ1v) is 9.25. The summed E-state index contributed by atoms with van der Waals surface area (Å²) >= 11 is 1.47. The molecule has 1 aromatic heterocycles. The molecule has 1 heterocycles. The van der Waals surface area contributed by atoms with E-state index in [2.05, 4.69) is 25.6 Å². The highest BCUT2D eigenvalue weighted by molar-refractivity contribution is 7.22. The van der Waals surface area contributed by atoms with Gasteiger partial charge in [0.05, 0.1) is 15.9 Å². The second-order valence-corrected chi connectivity index (χ2v) is 6.96. The van der Waals surface area contributed by atoms with Crippen LogP contribution in [0.4, 0.5) is 13.9 Å². The van der Waals surface area contributed by atoms with Crippen molar-refractivity contribution >= 4 is 38.3 Å². The van der Waals surface area contributed by atoms with Crippen LogP contribution in [0.2, 0.25) is 0 Å². The molecule has 0 spiro atoms. The van der Waals surface area contributed by atoms with Gasteiger partial charge in [0.2, 0.25) is 0 Å². The van der Waals surface area contributed by atoms with Crippen LogP contribution in [0.1, 0.15) is 19.4 Å². The predicted molar refractivity (Wildman–Crippen MR) is 106 cm³/mol. The number of ether oxygens (including phenoxy) is 1. The molecule has 2 N–H and O–H groups in total. The molecule has 0 aliphatic carbocycles. The molecule has 0 fully saturated rings. The summed E-state index contributed by atoms with van der Waals surface area (Å²) in [5.41, 5.74) is 4.57. The Labute approximate surface area is 164 Å². The van der Waals surface area contributed by atoms with Crippen LogP contribution < -0.4 is 15.5 Å². The number of thiazole rings is 1. The van der Waals surface area contributed by atoms with Gasteiger partial charge in [0.15, 0.2) is 5.13 Å². The van der Waals surface area contributed by atoms with Gasteiger partial charge < -0.3 is 10.1 Å². The fourth-order valence-electron chi connectivity index (χ4n) is 2.36. The van der Waals surface area contributed by atoms with E-state index in [-0.39, 0.29) is 11.7 Å². The highest BCUT2D eigenvalue weighted by Gasteiger charge is 2.14. The summed E-state index contributed by atoms with van der Waals surface area (Å²) in [5, 5.41) is 7.77. The van der Waals surface area contributed by atoms with Crippen molar-refractivity contribution in [3.63, 3.8) is 0 Å². The van der Waals surface area contributed by atoms with Crippen LogP contribution in [0.3, 0.4) is 0 Å². The third kappa shape index (κ3) is 5.01. The number of nitrogens with zero attached hydrogens (tertiary/aromatic N) is 2. The van der Waals surface area contributed by atoms with Crippen molar-refractivity contribution < 1.29 is 18.3 Å². The first-order chi connectivity index (χ1) is 13.4. The normalized spacial score (nSPS) is 12.8. The fourth-order valence-corrected chi connectivity index (χ4v) is 3.32. The number of para-hydroxylation sites is 1. The maximum absolute atomic E-state index is 12.3. The average Bonchev–Trinajstić information content (AvgIpc) is 3.08. The number of hydrazone groups is 1. The van der Waals surface area contributed by atoms with Crippen molar-refractivity contribution in [3.05, 3.63) is 54.1 Å². The van der Waals surface area contributed by atoms with Crippen molar-refractivity contribution in [2.75, 3.05) is 5.32 Å². The molecule has 0 bridgehead atoms. The molecule has 6 nitrogen and oxygen atoms in total. The number of rotatable bonds is 7. The van der Waals surface area contributed by atoms with Crippen LogP contribution in [0.5, 0.6) is 5.75 Å². The number of amides is 1. The Bertz CT molecular complexity index is 956. The average molecular weight is 404 g/mol. The van der Waals surface area contributed by atoms with Gasteiger partial charge in [-0.3, -0.25) is 4.79 Å². The van der Waals surface area contributed by atoms with Crippen LogP contribution in [0.15, 0.2) is 53.6 Å². The lowest BCUT2D eigenvalue weighted by Crippen LogP contribution is -2.35. The monoisotopic (exact) mass is 404 g/mol. The number of halogens is 2. The second-order valence-electron chi connectivity index (χ2n) is 5.93. The number of fused-ring (bicyclic) bond motifs is 1. The zero-order valence-corrected chi connectivity index (χ0v) is 16.0. The minimum atomic E-state index is -2.87. The fraction of sp³-hybridized carbons (Fsp3) is 0.211. The summed E-state index contributed by atoms with van der Waals surface area (Å²) in [6, 6.07) is 13.2. The number of carbonyl (C=O) groups excluding carboxylic acids is 1. The van der Waals surface area contributed by atoms with E-state index in [9.17, 15) is 13.6 Å². The summed E-state index contributed by atoms with van der Waals surface area (Å²) in [4.78, 5) is 16.7. The van der Waals surface area contributed by atoms with Gasteiger partial charge in [0.1, 0.15) is 11.8 Å². The van der Waals surface area contributed by atoms with Crippen molar-refractivity contribution in [1.29, 1.82) is 0 Å². The smallest absolute Gasteiger partial charge is 0.387 e. The number of anilines is 1. The van der Waals surface area contributed by atoms with Crippen molar-refractivity contribution in [2.24, 2.45) is 5.10 Å². The third-order valence-corrected chi connectivity index (χ3v) is 4.83. The Morgan fingerprint density at radius 3 is 2.57 bits per heavy atom.